The quantitative estimate of drug-likeness (QED) is 0.331. The Labute approximate surface area is 115 Å². The number of guanidine groups is 1. The summed E-state index contributed by atoms with van der Waals surface area (Å²) >= 11 is 0. The van der Waals surface area contributed by atoms with Crippen molar-refractivity contribution in [3.8, 4) is 0 Å². The van der Waals surface area contributed by atoms with E-state index in [1.165, 1.54) is 0 Å². The standard InChI is InChI=1S/C8H18N4O.3ClH/c1-2-7(13)6(9)4-3-5-12-8(10)11;;;/h6H,2-5,9H2,1H3,(H4,10,11,12);3*1H. The van der Waals surface area contributed by atoms with Gasteiger partial charge in [0.2, 0.25) is 0 Å². The summed E-state index contributed by atoms with van der Waals surface area (Å²) in [7, 11) is 0. The fourth-order valence-corrected chi connectivity index (χ4v) is 0.968. The number of nitrogens with one attached hydrogen (secondary N) is 2. The van der Waals surface area contributed by atoms with Crippen molar-refractivity contribution >= 4 is 49.0 Å². The van der Waals surface area contributed by atoms with Crippen LogP contribution in [0.25, 0.3) is 0 Å². The molecule has 0 rings (SSSR count). The minimum Gasteiger partial charge on any atom is -0.370 e. The molecule has 0 fully saturated rings. The van der Waals surface area contributed by atoms with Crippen molar-refractivity contribution in [3.63, 3.8) is 0 Å². The molecule has 0 radical (unpaired) electrons. The third-order valence-corrected chi connectivity index (χ3v) is 1.77. The molecule has 5 nitrogen and oxygen atoms in total. The molecule has 1 unspecified atom stereocenters. The van der Waals surface area contributed by atoms with Crippen LogP contribution >= 0.6 is 37.2 Å². The average molecular weight is 296 g/mol. The summed E-state index contributed by atoms with van der Waals surface area (Å²) in [5, 5.41) is 9.52. The molecular weight excluding hydrogens is 274 g/mol. The predicted molar refractivity (Wildman–Crippen MR) is 74.2 cm³/mol. The lowest BCUT2D eigenvalue weighted by Gasteiger charge is -2.09. The van der Waals surface area contributed by atoms with Crippen LogP contribution in [0.5, 0.6) is 0 Å². The van der Waals surface area contributed by atoms with Crippen LogP contribution in [0.2, 0.25) is 0 Å². The van der Waals surface area contributed by atoms with E-state index in [0.29, 0.717) is 19.4 Å². The van der Waals surface area contributed by atoms with Crippen molar-refractivity contribution in [2.45, 2.75) is 32.2 Å². The molecule has 0 heterocycles. The molecule has 0 aromatic heterocycles. The van der Waals surface area contributed by atoms with Crippen molar-refractivity contribution in [2.24, 2.45) is 11.5 Å². The summed E-state index contributed by atoms with van der Waals surface area (Å²) < 4.78 is 0. The maximum Gasteiger partial charge on any atom is 0.185 e. The van der Waals surface area contributed by atoms with E-state index in [1.807, 2.05) is 0 Å². The van der Waals surface area contributed by atoms with Gasteiger partial charge < -0.3 is 16.8 Å². The number of hydrogen-bond acceptors (Lipinski definition) is 3. The Bertz CT molecular complexity index is 192. The minimum absolute atomic E-state index is 0. The highest BCUT2D eigenvalue weighted by atomic mass is 35.5. The van der Waals surface area contributed by atoms with E-state index in [4.69, 9.17) is 16.9 Å². The van der Waals surface area contributed by atoms with Gasteiger partial charge in [-0.2, -0.15) is 0 Å². The minimum atomic E-state index is -0.362. The van der Waals surface area contributed by atoms with Crippen LogP contribution in [0.4, 0.5) is 0 Å². The van der Waals surface area contributed by atoms with E-state index in [-0.39, 0.29) is 55.0 Å². The summed E-state index contributed by atoms with van der Waals surface area (Å²) in [4.78, 5) is 11.0. The second-order valence-electron chi connectivity index (χ2n) is 2.91. The van der Waals surface area contributed by atoms with Crippen LogP contribution in [0.1, 0.15) is 26.2 Å². The molecule has 16 heavy (non-hydrogen) atoms. The number of halogens is 3. The molecule has 0 bridgehead atoms. The lowest BCUT2D eigenvalue weighted by atomic mass is 10.1. The first kappa shape index (κ1) is 24.8. The molecule has 0 amide bonds. The van der Waals surface area contributed by atoms with Gasteiger partial charge in [0.05, 0.1) is 6.04 Å². The van der Waals surface area contributed by atoms with Crippen LogP contribution in [-0.4, -0.2) is 24.3 Å². The van der Waals surface area contributed by atoms with E-state index in [2.05, 4.69) is 5.32 Å². The SMILES string of the molecule is CCC(=O)C(N)CCCNC(=N)N.Cl.Cl.Cl. The van der Waals surface area contributed by atoms with Crippen LogP contribution in [0.15, 0.2) is 0 Å². The Morgan fingerprint density at radius 1 is 1.38 bits per heavy atom. The van der Waals surface area contributed by atoms with Gasteiger partial charge in [0.15, 0.2) is 5.96 Å². The number of ketones is 1. The summed E-state index contributed by atoms with van der Waals surface area (Å²) in [6.07, 6.45) is 1.89. The molecule has 0 saturated heterocycles. The molecule has 100 valence electrons. The first-order valence-corrected chi connectivity index (χ1v) is 4.44. The van der Waals surface area contributed by atoms with Gasteiger partial charge in [-0.25, -0.2) is 0 Å². The second-order valence-corrected chi connectivity index (χ2v) is 2.91. The van der Waals surface area contributed by atoms with E-state index >= 15 is 0 Å². The lowest BCUT2D eigenvalue weighted by molar-refractivity contribution is -0.120. The monoisotopic (exact) mass is 294 g/mol. The van der Waals surface area contributed by atoms with Crippen LogP contribution < -0.4 is 16.8 Å². The number of rotatable bonds is 6. The topological polar surface area (TPSA) is 105 Å². The Balaban J connectivity index is -0.000000240. The van der Waals surface area contributed by atoms with Gasteiger partial charge >= 0.3 is 0 Å². The van der Waals surface area contributed by atoms with Gasteiger partial charge in [0, 0.05) is 13.0 Å². The molecule has 0 spiro atoms. The zero-order chi connectivity index (χ0) is 10.3. The Morgan fingerprint density at radius 3 is 2.25 bits per heavy atom. The van der Waals surface area contributed by atoms with Crippen molar-refractivity contribution in [1.82, 2.24) is 5.32 Å². The maximum atomic E-state index is 11.0. The van der Waals surface area contributed by atoms with Gasteiger partial charge in [-0.15, -0.1) is 37.2 Å². The third kappa shape index (κ3) is 13.8. The van der Waals surface area contributed by atoms with Crippen molar-refractivity contribution < 1.29 is 4.79 Å². The molecule has 0 aliphatic carbocycles. The first-order chi connectivity index (χ1) is 6.07. The summed E-state index contributed by atoms with van der Waals surface area (Å²) in [6.45, 7) is 2.40. The number of Topliss-reactive ketones (excluding diaryl/α,β-unsaturated/α-hetero) is 1. The Hall–Kier alpha value is -0.230. The zero-order valence-corrected chi connectivity index (χ0v) is 11.6. The molecule has 8 heteroatoms. The number of carbonyl (C=O) groups excluding carboxylic acids is 1. The number of carbonyl (C=O) groups is 1. The Kier molecular flexibility index (Phi) is 22.9. The molecule has 1 atom stereocenters. The third-order valence-electron chi connectivity index (χ3n) is 1.77. The van der Waals surface area contributed by atoms with Crippen LogP contribution in [0, 0.1) is 5.41 Å². The molecule has 0 aromatic carbocycles. The summed E-state index contributed by atoms with van der Waals surface area (Å²) in [5.41, 5.74) is 10.7. The molecule has 0 saturated carbocycles. The molecule has 6 N–H and O–H groups in total. The highest BCUT2D eigenvalue weighted by molar-refractivity contribution is 5.86. The highest BCUT2D eigenvalue weighted by Crippen LogP contribution is 1.97. The zero-order valence-electron chi connectivity index (χ0n) is 9.19. The van der Waals surface area contributed by atoms with Gasteiger partial charge in [-0.05, 0) is 12.8 Å². The van der Waals surface area contributed by atoms with Crippen LogP contribution in [0.3, 0.4) is 0 Å². The van der Waals surface area contributed by atoms with Gasteiger partial charge in [0.1, 0.15) is 5.78 Å². The fraction of sp³-hybridized carbons (Fsp3) is 0.750. The average Bonchev–Trinajstić information content (AvgIpc) is 2.10. The summed E-state index contributed by atoms with van der Waals surface area (Å²) in [5.74, 6) is 0.0400. The van der Waals surface area contributed by atoms with Crippen molar-refractivity contribution in [2.75, 3.05) is 6.54 Å². The van der Waals surface area contributed by atoms with Gasteiger partial charge in [-0.1, -0.05) is 6.92 Å². The summed E-state index contributed by atoms with van der Waals surface area (Å²) in [6, 6.07) is -0.362. The lowest BCUT2D eigenvalue weighted by Crippen LogP contribution is -2.34. The predicted octanol–water partition coefficient (Wildman–Crippen LogP) is 0.821. The van der Waals surface area contributed by atoms with E-state index in [1.54, 1.807) is 6.92 Å². The van der Waals surface area contributed by atoms with Crippen LogP contribution in [-0.2, 0) is 4.79 Å². The smallest absolute Gasteiger partial charge is 0.185 e. The largest absolute Gasteiger partial charge is 0.370 e. The second kappa shape index (κ2) is 14.8. The number of nitrogens with two attached hydrogens (primary N) is 2. The van der Waals surface area contributed by atoms with E-state index in [0.717, 1.165) is 6.42 Å². The molecule has 0 aliphatic heterocycles. The van der Waals surface area contributed by atoms with Gasteiger partial charge in [0.25, 0.3) is 0 Å². The Morgan fingerprint density at radius 2 is 1.88 bits per heavy atom. The van der Waals surface area contributed by atoms with Crippen molar-refractivity contribution in [3.05, 3.63) is 0 Å². The molecule has 0 aliphatic rings. The highest BCUT2D eigenvalue weighted by Gasteiger charge is 2.09. The first-order valence-electron chi connectivity index (χ1n) is 4.44. The van der Waals surface area contributed by atoms with E-state index < -0.39 is 0 Å². The molecular formula is C8H21Cl3N4O. The molecule has 0 aromatic rings. The number of hydrogen-bond donors (Lipinski definition) is 4. The fourth-order valence-electron chi connectivity index (χ4n) is 0.968. The van der Waals surface area contributed by atoms with Crippen molar-refractivity contribution in [1.29, 1.82) is 5.41 Å². The normalized spacial score (nSPS) is 9.88. The van der Waals surface area contributed by atoms with Gasteiger partial charge in [-0.3, -0.25) is 10.2 Å². The van der Waals surface area contributed by atoms with E-state index in [9.17, 15) is 4.79 Å². The maximum absolute atomic E-state index is 11.0.